The zero-order valence-electron chi connectivity index (χ0n) is 14.5. The first kappa shape index (κ1) is 17.6. The molecule has 0 radical (unpaired) electrons. The lowest BCUT2D eigenvalue weighted by atomic mass is 10.0. The number of allylic oxidation sites excluding steroid dienone is 1. The fraction of sp³-hybridized carbons (Fsp3) is 0.263. The van der Waals surface area contributed by atoms with Gasteiger partial charge >= 0.3 is 5.97 Å². The minimum absolute atomic E-state index is 0.00269. The molecule has 26 heavy (non-hydrogen) atoms. The van der Waals surface area contributed by atoms with Gasteiger partial charge in [-0.1, -0.05) is 0 Å². The van der Waals surface area contributed by atoms with Gasteiger partial charge in [0.15, 0.2) is 5.78 Å². The van der Waals surface area contributed by atoms with E-state index in [-0.39, 0.29) is 17.4 Å². The third-order valence-electron chi connectivity index (χ3n) is 4.49. The highest BCUT2D eigenvalue weighted by Crippen LogP contribution is 2.29. The quantitative estimate of drug-likeness (QED) is 0.820. The Hall–Kier alpha value is -3.22. The molecular formula is C19H19N3O4. The van der Waals surface area contributed by atoms with Crippen LogP contribution in [0.3, 0.4) is 0 Å². The van der Waals surface area contributed by atoms with E-state index in [1.54, 1.807) is 30.5 Å². The molecule has 1 aromatic carbocycles. The lowest BCUT2D eigenvalue weighted by molar-refractivity contribution is 0.0693. The van der Waals surface area contributed by atoms with E-state index >= 15 is 0 Å². The summed E-state index contributed by atoms with van der Waals surface area (Å²) in [5.74, 6) is -0.792. The van der Waals surface area contributed by atoms with Gasteiger partial charge in [0.25, 0.3) is 5.56 Å². The normalized spacial score (nSPS) is 17.6. The van der Waals surface area contributed by atoms with Crippen LogP contribution in [-0.4, -0.2) is 26.4 Å². The van der Waals surface area contributed by atoms with E-state index in [1.165, 1.54) is 11.5 Å². The maximum Gasteiger partial charge on any atom is 0.342 e. The van der Waals surface area contributed by atoms with Crippen molar-refractivity contribution in [3.8, 4) is 0 Å². The number of fused-ring (bicyclic) bond motifs is 1. The average Bonchev–Trinajstić information content (AvgIpc) is 2.61. The number of aromatic carboxylic acids is 1. The third kappa shape index (κ3) is 3.28. The van der Waals surface area contributed by atoms with E-state index in [0.717, 1.165) is 23.9 Å². The number of aromatic nitrogens is 2. The molecule has 1 unspecified atom stereocenters. The second kappa shape index (κ2) is 6.95. The van der Waals surface area contributed by atoms with E-state index in [0.29, 0.717) is 17.8 Å². The molecule has 0 saturated carbocycles. The number of carboxylic acids is 1. The van der Waals surface area contributed by atoms with Gasteiger partial charge in [-0.2, -0.15) is 0 Å². The number of hydrogen-bond donors (Lipinski definition) is 2. The number of rotatable bonds is 4. The number of nitrogens with zero attached hydrogens (tertiary/aromatic N) is 2. The fourth-order valence-electron chi connectivity index (χ4n) is 2.98. The molecule has 134 valence electrons. The summed E-state index contributed by atoms with van der Waals surface area (Å²) in [6, 6.07) is 6.96. The molecule has 1 aliphatic heterocycles. The number of ketones is 1. The standard InChI is InChI=1S/C19H19N3O4/c1-11-3-4-14(9-20-15-7-5-13(6-8-15)12(2)23)17-21-10-16(19(25)26)18(24)22(11)17/h5-11,20H,3-4H2,1-2H3,(H,25,26)/b14-9+. The Bertz CT molecular complexity index is 958. The van der Waals surface area contributed by atoms with Crippen molar-refractivity contribution in [3.05, 3.63) is 64.0 Å². The minimum atomic E-state index is -1.27. The molecule has 7 nitrogen and oxygen atoms in total. The summed E-state index contributed by atoms with van der Waals surface area (Å²) in [4.78, 5) is 39.2. The summed E-state index contributed by atoms with van der Waals surface area (Å²) in [5.41, 5.74) is 1.40. The monoisotopic (exact) mass is 353 g/mol. The number of carboxylic acid groups (broad SMARTS) is 1. The number of benzene rings is 1. The Balaban J connectivity index is 1.93. The van der Waals surface area contributed by atoms with Crippen LogP contribution in [0.15, 0.2) is 41.5 Å². The van der Waals surface area contributed by atoms with Crippen LogP contribution < -0.4 is 10.9 Å². The minimum Gasteiger partial charge on any atom is -0.477 e. The molecule has 0 spiro atoms. The number of carbonyl (C=O) groups excluding carboxylic acids is 1. The molecule has 3 rings (SSSR count). The van der Waals surface area contributed by atoms with Gasteiger partial charge in [0, 0.05) is 35.3 Å². The molecule has 2 heterocycles. The van der Waals surface area contributed by atoms with Crippen molar-refractivity contribution < 1.29 is 14.7 Å². The molecule has 7 heteroatoms. The van der Waals surface area contributed by atoms with Crippen molar-refractivity contribution in [2.45, 2.75) is 32.7 Å². The second-order valence-electron chi connectivity index (χ2n) is 6.31. The average molecular weight is 353 g/mol. The van der Waals surface area contributed by atoms with Crippen molar-refractivity contribution in [2.24, 2.45) is 0 Å². The van der Waals surface area contributed by atoms with E-state index < -0.39 is 11.5 Å². The molecule has 0 amide bonds. The van der Waals surface area contributed by atoms with Crippen LogP contribution in [0.25, 0.3) is 5.57 Å². The Morgan fingerprint density at radius 1 is 1.31 bits per heavy atom. The molecule has 0 fully saturated rings. The molecule has 0 bridgehead atoms. The van der Waals surface area contributed by atoms with E-state index in [4.69, 9.17) is 5.11 Å². The highest BCUT2D eigenvalue weighted by atomic mass is 16.4. The Morgan fingerprint density at radius 2 is 2.00 bits per heavy atom. The predicted molar refractivity (Wildman–Crippen MR) is 97.4 cm³/mol. The van der Waals surface area contributed by atoms with Crippen LogP contribution in [-0.2, 0) is 0 Å². The number of anilines is 1. The van der Waals surface area contributed by atoms with Gasteiger partial charge in [-0.25, -0.2) is 9.78 Å². The summed E-state index contributed by atoms with van der Waals surface area (Å²) in [7, 11) is 0. The van der Waals surface area contributed by atoms with Crippen LogP contribution in [0.4, 0.5) is 5.69 Å². The molecule has 2 N–H and O–H groups in total. The van der Waals surface area contributed by atoms with Crippen molar-refractivity contribution in [2.75, 3.05) is 5.32 Å². The topological polar surface area (TPSA) is 101 Å². The largest absolute Gasteiger partial charge is 0.477 e. The van der Waals surface area contributed by atoms with Crippen LogP contribution >= 0.6 is 0 Å². The van der Waals surface area contributed by atoms with Crippen LogP contribution in [0.2, 0.25) is 0 Å². The molecule has 2 aromatic rings. The second-order valence-corrected chi connectivity index (χ2v) is 6.31. The van der Waals surface area contributed by atoms with Crippen LogP contribution in [0.1, 0.15) is 59.3 Å². The maximum absolute atomic E-state index is 12.4. The van der Waals surface area contributed by atoms with Gasteiger partial charge in [0.2, 0.25) is 0 Å². The summed E-state index contributed by atoms with van der Waals surface area (Å²) in [5, 5.41) is 12.3. The van der Waals surface area contributed by atoms with Gasteiger partial charge in [0.1, 0.15) is 11.4 Å². The summed E-state index contributed by atoms with van der Waals surface area (Å²) in [6.07, 6.45) is 4.32. The van der Waals surface area contributed by atoms with Crippen molar-refractivity contribution in [1.29, 1.82) is 0 Å². The van der Waals surface area contributed by atoms with E-state index in [9.17, 15) is 14.4 Å². The maximum atomic E-state index is 12.4. The first-order chi connectivity index (χ1) is 12.4. The van der Waals surface area contributed by atoms with Gasteiger partial charge in [-0.3, -0.25) is 14.2 Å². The number of nitrogens with one attached hydrogen (secondary N) is 1. The summed E-state index contributed by atoms with van der Waals surface area (Å²) < 4.78 is 1.44. The fourth-order valence-corrected chi connectivity index (χ4v) is 2.98. The molecule has 1 atom stereocenters. The van der Waals surface area contributed by atoms with Gasteiger partial charge in [-0.05, 0) is 51.0 Å². The van der Waals surface area contributed by atoms with Crippen molar-refractivity contribution >= 4 is 23.0 Å². The molecule has 0 aliphatic carbocycles. The highest BCUT2D eigenvalue weighted by molar-refractivity contribution is 5.94. The first-order valence-electron chi connectivity index (χ1n) is 8.30. The smallest absolute Gasteiger partial charge is 0.342 e. The van der Waals surface area contributed by atoms with E-state index in [1.807, 2.05) is 6.92 Å². The molecule has 1 aliphatic rings. The first-order valence-corrected chi connectivity index (χ1v) is 8.30. The van der Waals surface area contributed by atoms with Crippen LogP contribution in [0, 0.1) is 0 Å². The molecular weight excluding hydrogens is 334 g/mol. The SMILES string of the molecule is CC(=O)c1ccc(N/C=C2\CCC(C)n3c2ncc(C(=O)O)c3=O)cc1. The zero-order valence-corrected chi connectivity index (χ0v) is 14.5. The Labute approximate surface area is 150 Å². The summed E-state index contributed by atoms with van der Waals surface area (Å²) in [6.45, 7) is 3.39. The number of carbonyl (C=O) groups is 2. The van der Waals surface area contributed by atoms with Gasteiger partial charge in [-0.15, -0.1) is 0 Å². The lowest BCUT2D eigenvalue weighted by Gasteiger charge is -2.26. The van der Waals surface area contributed by atoms with Crippen molar-refractivity contribution in [3.63, 3.8) is 0 Å². The summed E-state index contributed by atoms with van der Waals surface area (Å²) >= 11 is 0. The molecule has 1 aromatic heterocycles. The Morgan fingerprint density at radius 3 is 2.62 bits per heavy atom. The Kier molecular flexibility index (Phi) is 4.71. The molecule has 0 saturated heterocycles. The third-order valence-corrected chi connectivity index (χ3v) is 4.49. The zero-order chi connectivity index (χ0) is 18.8. The predicted octanol–water partition coefficient (Wildman–Crippen LogP) is 2.95. The highest BCUT2D eigenvalue weighted by Gasteiger charge is 2.25. The van der Waals surface area contributed by atoms with Crippen molar-refractivity contribution in [1.82, 2.24) is 9.55 Å². The van der Waals surface area contributed by atoms with Crippen LogP contribution in [0.5, 0.6) is 0 Å². The number of Topliss-reactive ketones (excluding diaryl/α,β-unsaturated/α-hetero) is 1. The lowest BCUT2D eigenvalue weighted by Crippen LogP contribution is -2.34. The number of hydrogen-bond acceptors (Lipinski definition) is 5. The van der Waals surface area contributed by atoms with E-state index in [2.05, 4.69) is 10.3 Å². The van der Waals surface area contributed by atoms with Gasteiger partial charge < -0.3 is 10.4 Å². The van der Waals surface area contributed by atoms with Gasteiger partial charge in [0.05, 0.1) is 0 Å².